The topological polar surface area (TPSA) is 72.5 Å². The van der Waals surface area contributed by atoms with Crippen molar-refractivity contribution in [3.8, 4) is 5.75 Å². The van der Waals surface area contributed by atoms with Crippen LogP contribution < -0.4 is 10.1 Å². The van der Waals surface area contributed by atoms with Gasteiger partial charge in [0.2, 0.25) is 0 Å². The van der Waals surface area contributed by atoms with E-state index in [1.807, 2.05) is 0 Å². The van der Waals surface area contributed by atoms with Crippen LogP contribution in [0.25, 0.3) is 0 Å². The van der Waals surface area contributed by atoms with E-state index in [1.54, 1.807) is 48.5 Å². The van der Waals surface area contributed by atoms with Gasteiger partial charge in [-0.15, -0.1) is 0 Å². The Bertz CT molecular complexity index is 1040. The predicted octanol–water partition coefficient (Wildman–Crippen LogP) is 4.28. The lowest BCUT2D eigenvalue weighted by Gasteiger charge is -2.09. The third-order valence-electron chi connectivity index (χ3n) is 4.15. The molecule has 3 rings (SSSR count). The molecule has 0 unspecified atom stereocenters. The zero-order valence-electron chi connectivity index (χ0n) is 15.6. The molecule has 146 valence electrons. The molecule has 0 aliphatic rings. The monoisotopic (exact) mass is 391 g/mol. The molecule has 0 radical (unpaired) electrons. The maximum atomic E-state index is 13.0. The smallest absolute Gasteiger partial charge is 0.262 e. The number of halogens is 1. The Morgan fingerprint density at radius 2 is 1.48 bits per heavy atom. The van der Waals surface area contributed by atoms with Crippen LogP contribution in [0.1, 0.15) is 33.2 Å². The number of nitrogens with one attached hydrogen (secondary N) is 1. The molecule has 0 bridgehead atoms. The van der Waals surface area contributed by atoms with E-state index in [1.165, 1.54) is 31.2 Å². The van der Waals surface area contributed by atoms with Crippen molar-refractivity contribution < 1.29 is 23.5 Å². The summed E-state index contributed by atoms with van der Waals surface area (Å²) in [6, 6.07) is 18.3. The molecular formula is C23H18FNO4. The van der Waals surface area contributed by atoms with Gasteiger partial charge in [0.1, 0.15) is 11.6 Å². The SMILES string of the molecule is CC(=O)c1cccc(NC(=O)COc2ccc(C(=O)c3ccc(F)cc3)cc2)c1. The number of rotatable bonds is 7. The quantitative estimate of drug-likeness (QED) is 0.611. The van der Waals surface area contributed by atoms with Crippen LogP contribution in [0.4, 0.5) is 10.1 Å². The summed E-state index contributed by atoms with van der Waals surface area (Å²) < 4.78 is 18.4. The molecule has 0 heterocycles. The van der Waals surface area contributed by atoms with Crippen molar-refractivity contribution >= 4 is 23.2 Å². The van der Waals surface area contributed by atoms with Crippen molar-refractivity contribution in [2.24, 2.45) is 0 Å². The number of ketones is 2. The highest BCUT2D eigenvalue weighted by Crippen LogP contribution is 2.16. The molecular weight excluding hydrogens is 373 g/mol. The van der Waals surface area contributed by atoms with Crippen molar-refractivity contribution in [2.75, 3.05) is 11.9 Å². The summed E-state index contributed by atoms with van der Waals surface area (Å²) in [4.78, 5) is 35.8. The van der Waals surface area contributed by atoms with Crippen LogP contribution in [0.5, 0.6) is 5.75 Å². The average molecular weight is 391 g/mol. The van der Waals surface area contributed by atoms with Gasteiger partial charge in [0.25, 0.3) is 5.91 Å². The summed E-state index contributed by atoms with van der Waals surface area (Å²) >= 11 is 0. The van der Waals surface area contributed by atoms with Crippen LogP contribution in [0.15, 0.2) is 72.8 Å². The van der Waals surface area contributed by atoms with Crippen LogP contribution in [0, 0.1) is 5.82 Å². The first-order valence-electron chi connectivity index (χ1n) is 8.86. The summed E-state index contributed by atoms with van der Waals surface area (Å²) in [5.41, 5.74) is 1.82. The van der Waals surface area contributed by atoms with Crippen LogP contribution >= 0.6 is 0 Å². The molecule has 0 saturated carbocycles. The van der Waals surface area contributed by atoms with Crippen LogP contribution in [0.3, 0.4) is 0 Å². The van der Waals surface area contributed by atoms with E-state index in [2.05, 4.69) is 5.32 Å². The van der Waals surface area contributed by atoms with Crippen molar-refractivity contribution in [2.45, 2.75) is 6.92 Å². The second kappa shape index (κ2) is 8.93. The minimum atomic E-state index is -0.406. The third-order valence-corrected chi connectivity index (χ3v) is 4.15. The molecule has 0 fully saturated rings. The fourth-order valence-electron chi connectivity index (χ4n) is 2.63. The van der Waals surface area contributed by atoms with E-state index in [0.29, 0.717) is 28.1 Å². The standard InChI is InChI=1S/C23H18FNO4/c1-15(26)18-3-2-4-20(13-18)25-22(27)14-29-21-11-7-17(8-12-21)23(28)16-5-9-19(24)10-6-16/h2-13H,14H2,1H3,(H,25,27). The Hall–Kier alpha value is -3.80. The second-order valence-electron chi connectivity index (χ2n) is 6.33. The van der Waals surface area contributed by atoms with E-state index in [4.69, 9.17) is 4.74 Å². The first-order chi connectivity index (χ1) is 13.9. The number of carbonyl (C=O) groups excluding carboxylic acids is 3. The molecule has 1 N–H and O–H groups in total. The van der Waals surface area contributed by atoms with Gasteiger partial charge in [0, 0.05) is 22.4 Å². The Labute approximate surface area is 167 Å². The van der Waals surface area contributed by atoms with Gasteiger partial charge in [-0.25, -0.2) is 4.39 Å². The van der Waals surface area contributed by atoms with Gasteiger partial charge in [-0.1, -0.05) is 12.1 Å². The number of Topliss-reactive ketones (excluding diaryl/α,β-unsaturated/α-hetero) is 1. The zero-order chi connectivity index (χ0) is 20.8. The molecule has 0 aliphatic carbocycles. The fraction of sp³-hybridized carbons (Fsp3) is 0.0870. The summed E-state index contributed by atoms with van der Waals surface area (Å²) in [5, 5.41) is 2.66. The van der Waals surface area contributed by atoms with Crippen molar-refractivity contribution in [1.29, 1.82) is 0 Å². The Balaban J connectivity index is 1.56. The summed E-state index contributed by atoms with van der Waals surface area (Å²) in [7, 11) is 0. The van der Waals surface area contributed by atoms with E-state index >= 15 is 0 Å². The van der Waals surface area contributed by atoms with Crippen molar-refractivity contribution in [3.63, 3.8) is 0 Å². The normalized spacial score (nSPS) is 10.3. The molecule has 0 atom stereocenters. The average Bonchev–Trinajstić information content (AvgIpc) is 2.73. The molecule has 1 amide bonds. The third kappa shape index (κ3) is 5.35. The Morgan fingerprint density at radius 1 is 0.862 bits per heavy atom. The number of hydrogen-bond acceptors (Lipinski definition) is 4. The minimum absolute atomic E-state index is 0.0902. The van der Waals surface area contributed by atoms with E-state index in [9.17, 15) is 18.8 Å². The molecule has 3 aromatic carbocycles. The molecule has 5 nitrogen and oxygen atoms in total. The lowest BCUT2D eigenvalue weighted by atomic mass is 10.0. The maximum Gasteiger partial charge on any atom is 0.262 e. The molecule has 3 aromatic rings. The van der Waals surface area contributed by atoms with Gasteiger partial charge in [0.05, 0.1) is 0 Å². The Morgan fingerprint density at radius 3 is 2.10 bits per heavy atom. The largest absolute Gasteiger partial charge is 0.484 e. The number of carbonyl (C=O) groups is 3. The highest BCUT2D eigenvalue weighted by atomic mass is 19.1. The maximum absolute atomic E-state index is 13.0. The van der Waals surface area contributed by atoms with E-state index in [0.717, 1.165) is 0 Å². The molecule has 29 heavy (non-hydrogen) atoms. The van der Waals surface area contributed by atoms with Gasteiger partial charge < -0.3 is 10.1 Å². The predicted molar refractivity (Wildman–Crippen MR) is 107 cm³/mol. The first kappa shape index (κ1) is 19.9. The lowest BCUT2D eigenvalue weighted by Crippen LogP contribution is -2.20. The van der Waals surface area contributed by atoms with Crippen LogP contribution in [-0.4, -0.2) is 24.1 Å². The highest BCUT2D eigenvalue weighted by molar-refractivity contribution is 6.09. The van der Waals surface area contributed by atoms with E-state index < -0.39 is 5.82 Å². The molecule has 6 heteroatoms. The second-order valence-corrected chi connectivity index (χ2v) is 6.33. The molecule has 0 aromatic heterocycles. The Kier molecular flexibility index (Phi) is 6.14. The van der Waals surface area contributed by atoms with Gasteiger partial charge in [0.15, 0.2) is 18.2 Å². The fourth-order valence-corrected chi connectivity index (χ4v) is 2.63. The van der Waals surface area contributed by atoms with Gasteiger partial charge in [-0.2, -0.15) is 0 Å². The molecule has 0 aliphatic heterocycles. The van der Waals surface area contributed by atoms with Gasteiger partial charge >= 0.3 is 0 Å². The number of ether oxygens (including phenoxy) is 1. The summed E-state index contributed by atoms with van der Waals surface area (Å²) in [5.74, 6) is -0.686. The zero-order valence-corrected chi connectivity index (χ0v) is 15.6. The van der Waals surface area contributed by atoms with Crippen LogP contribution in [-0.2, 0) is 4.79 Å². The number of amides is 1. The number of hydrogen-bond donors (Lipinski definition) is 1. The van der Waals surface area contributed by atoms with Crippen molar-refractivity contribution in [3.05, 3.63) is 95.3 Å². The number of benzene rings is 3. The van der Waals surface area contributed by atoms with Crippen molar-refractivity contribution in [1.82, 2.24) is 0 Å². The van der Waals surface area contributed by atoms with E-state index in [-0.39, 0.29) is 24.1 Å². The minimum Gasteiger partial charge on any atom is -0.484 e. The first-order valence-corrected chi connectivity index (χ1v) is 8.86. The van der Waals surface area contributed by atoms with Gasteiger partial charge in [-0.3, -0.25) is 14.4 Å². The summed E-state index contributed by atoms with van der Waals surface area (Å²) in [6.45, 7) is 1.23. The highest BCUT2D eigenvalue weighted by Gasteiger charge is 2.10. The van der Waals surface area contributed by atoms with Gasteiger partial charge in [-0.05, 0) is 67.6 Å². The summed E-state index contributed by atoms with van der Waals surface area (Å²) in [6.07, 6.45) is 0. The molecule has 0 saturated heterocycles. The van der Waals surface area contributed by atoms with Crippen LogP contribution in [0.2, 0.25) is 0 Å². The lowest BCUT2D eigenvalue weighted by molar-refractivity contribution is -0.118. The molecule has 0 spiro atoms. The number of anilines is 1.